The van der Waals surface area contributed by atoms with Crippen LogP contribution < -0.4 is 0 Å². The minimum atomic E-state index is -3.03. The molecular formula is C61H59N3O. The summed E-state index contributed by atoms with van der Waals surface area (Å²) in [5, 5.41) is 12.8. The van der Waals surface area contributed by atoms with Gasteiger partial charge in [0.25, 0.3) is 0 Å². The molecule has 0 amide bonds. The summed E-state index contributed by atoms with van der Waals surface area (Å²) < 4.78 is 54.3. The highest BCUT2D eigenvalue weighted by Gasteiger charge is 2.30. The number of rotatable bonds is 7. The molecule has 4 nitrogen and oxygen atoms in total. The van der Waals surface area contributed by atoms with Crippen molar-refractivity contribution in [1.29, 1.82) is 0 Å². The molecule has 0 bridgehead atoms. The quantitative estimate of drug-likeness (QED) is 0.174. The van der Waals surface area contributed by atoms with Gasteiger partial charge >= 0.3 is 0 Å². The van der Waals surface area contributed by atoms with Crippen LogP contribution in [0.3, 0.4) is 0 Å². The third-order valence-electron chi connectivity index (χ3n) is 12.4. The van der Waals surface area contributed by atoms with Crippen molar-refractivity contribution < 1.29 is 13.3 Å². The summed E-state index contributed by atoms with van der Waals surface area (Å²) in [5.74, 6) is -0.130. The second-order valence-electron chi connectivity index (χ2n) is 19.5. The van der Waals surface area contributed by atoms with Crippen molar-refractivity contribution in [2.75, 3.05) is 0 Å². The lowest BCUT2D eigenvalue weighted by Gasteiger charge is -2.28. The molecule has 9 aromatic rings. The van der Waals surface area contributed by atoms with E-state index in [2.05, 4.69) is 119 Å². The maximum absolute atomic E-state index is 12.8. The van der Waals surface area contributed by atoms with Crippen LogP contribution >= 0.6 is 0 Å². The Bertz CT molecular complexity index is 3420. The summed E-state index contributed by atoms with van der Waals surface area (Å²) in [6.45, 7) is 9.71. The Morgan fingerprint density at radius 2 is 1.12 bits per heavy atom. The van der Waals surface area contributed by atoms with E-state index in [1.807, 2.05) is 98.3 Å². The predicted octanol–water partition coefficient (Wildman–Crippen LogP) is 16.3. The Morgan fingerprint density at radius 3 is 1.80 bits per heavy atom. The van der Waals surface area contributed by atoms with Crippen molar-refractivity contribution >= 4 is 11.0 Å². The Kier molecular flexibility index (Phi) is 9.22. The molecule has 2 aromatic heterocycles. The van der Waals surface area contributed by atoms with Gasteiger partial charge in [0.15, 0.2) is 0 Å². The second-order valence-corrected chi connectivity index (χ2v) is 19.5. The number of fused-ring (bicyclic) bond motifs is 1. The maximum atomic E-state index is 12.8. The highest BCUT2D eigenvalue weighted by Crippen LogP contribution is 2.46. The van der Waals surface area contributed by atoms with E-state index in [0.717, 1.165) is 72.5 Å². The minimum Gasteiger partial charge on any atom is -0.507 e. The van der Waals surface area contributed by atoms with Crippen LogP contribution in [0.25, 0.3) is 83.9 Å². The standard InChI is InChI=1S/C61H59N3O/c1-39-24-26-41(27-25-39)43-30-31-62-53(35-43)46-33-44(40-18-13-11-14-19-40)32-45(34-46)49-22-17-23-55-56(49)63-58(51-37-48(60(5,6)7)38-52(57(51)65)61(8,9)10)64(55)54-29-28-47(59(2,3)4)36-50(54)42-20-15-12-16-21-42/h11-38,65H,1-10H3/i8D3,9D3. The lowest BCUT2D eigenvalue weighted by molar-refractivity contribution is 0.446. The van der Waals surface area contributed by atoms with Crippen LogP contribution in [-0.4, -0.2) is 19.6 Å². The lowest BCUT2D eigenvalue weighted by atomic mass is 9.79. The molecule has 0 aliphatic rings. The van der Waals surface area contributed by atoms with Crippen LogP contribution in [0, 0.1) is 6.92 Å². The Labute approximate surface area is 393 Å². The van der Waals surface area contributed by atoms with Crippen molar-refractivity contribution in [3.05, 3.63) is 192 Å². The van der Waals surface area contributed by atoms with E-state index in [9.17, 15) is 5.11 Å². The van der Waals surface area contributed by atoms with E-state index in [4.69, 9.17) is 18.2 Å². The summed E-state index contributed by atoms with van der Waals surface area (Å²) >= 11 is 0. The van der Waals surface area contributed by atoms with E-state index in [1.54, 1.807) is 6.07 Å². The minimum absolute atomic E-state index is 0.189. The van der Waals surface area contributed by atoms with E-state index in [1.165, 1.54) is 12.5 Å². The van der Waals surface area contributed by atoms with Crippen molar-refractivity contribution in [1.82, 2.24) is 14.5 Å². The molecule has 1 N–H and O–H groups in total. The molecule has 9 rings (SSSR count). The largest absolute Gasteiger partial charge is 0.507 e. The average molecular weight is 856 g/mol. The highest BCUT2D eigenvalue weighted by molar-refractivity contribution is 5.98. The summed E-state index contributed by atoms with van der Waals surface area (Å²) in [5.41, 5.74) is 11.2. The van der Waals surface area contributed by atoms with Gasteiger partial charge in [0.2, 0.25) is 0 Å². The third-order valence-corrected chi connectivity index (χ3v) is 12.4. The topological polar surface area (TPSA) is 50.9 Å². The molecule has 0 aliphatic carbocycles. The van der Waals surface area contributed by atoms with Gasteiger partial charge in [-0.3, -0.25) is 9.55 Å². The molecule has 7 aromatic carbocycles. The summed E-state index contributed by atoms with van der Waals surface area (Å²) in [6, 6.07) is 55.3. The lowest BCUT2D eigenvalue weighted by Crippen LogP contribution is -2.17. The molecule has 0 fully saturated rings. The summed E-state index contributed by atoms with van der Waals surface area (Å²) in [7, 11) is 0. The first-order valence-corrected chi connectivity index (χ1v) is 22.3. The van der Waals surface area contributed by atoms with Gasteiger partial charge in [0.1, 0.15) is 11.6 Å². The fourth-order valence-corrected chi connectivity index (χ4v) is 8.66. The van der Waals surface area contributed by atoms with Crippen molar-refractivity contribution in [3.8, 4) is 78.6 Å². The number of hydrogen-bond acceptors (Lipinski definition) is 3. The molecule has 0 unspecified atom stereocenters. The van der Waals surface area contributed by atoms with E-state index < -0.39 is 30.3 Å². The average Bonchev–Trinajstić information content (AvgIpc) is 3.72. The number of aromatic hydroxyl groups is 1. The number of hydrogen-bond donors (Lipinski definition) is 1. The first kappa shape index (κ1) is 36.3. The first-order valence-electron chi connectivity index (χ1n) is 25.3. The van der Waals surface area contributed by atoms with Gasteiger partial charge in [-0.1, -0.05) is 177 Å². The van der Waals surface area contributed by atoms with Gasteiger partial charge < -0.3 is 5.11 Å². The molecule has 0 spiro atoms. The third kappa shape index (κ3) is 8.54. The van der Waals surface area contributed by atoms with Crippen molar-refractivity contribution in [3.63, 3.8) is 0 Å². The van der Waals surface area contributed by atoms with Crippen LogP contribution in [0.15, 0.2) is 170 Å². The van der Waals surface area contributed by atoms with Gasteiger partial charge in [0.05, 0.1) is 28.0 Å². The van der Waals surface area contributed by atoms with Crippen LogP contribution in [0.1, 0.15) is 92.6 Å². The molecule has 0 saturated heterocycles. The number of nitrogens with zero attached hydrogens (tertiary/aromatic N) is 3. The number of para-hydroxylation sites is 1. The summed E-state index contributed by atoms with van der Waals surface area (Å²) in [4.78, 5) is 10.5. The number of aryl methyl sites for hydroxylation is 1. The van der Waals surface area contributed by atoms with Crippen LogP contribution in [0.4, 0.5) is 0 Å². The summed E-state index contributed by atoms with van der Waals surface area (Å²) in [6.07, 6.45) is 1.85. The monoisotopic (exact) mass is 856 g/mol. The van der Waals surface area contributed by atoms with Crippen molar-refractivity contribution in [2.45, 2.75) is 85.3 Å². The predicted molar refractivity (Wildman–Crippen MR) is 274 cm³/mol. The smallest absolute Gasteiger partial charge is 0.149 e. The maximum Gasteiger partial charge on any atom is 0.149 e. The van der Waals surface area contributed by atoms with Crippen molar-refractivity contribution in [2.24, 2.45) is 0 Å². The number of phenols is 1. The molecule has 0 radical (unpaired) electrons. The van der Waals surface area contributed by atoms with Gasteiger partial charge in [-0.05, 0) is 122 Å². The molecular weight excluding hydrogens is 791 g/mol. The molecule has 0 saturated carbocycles. The second kappa shape index (κ2) is 16.5. The van der Waals surface area contributed by atoms with Gasteiger partial charge in [-0.2, -0.15) is 0 Å². The van der Waals surface area contributed by atoms with E-state index in [-0.39, 0.29) is 16.5 Å². The highest BCUT2D eigenvalue weighted by atomic mass is 16.3. The SMILES string of the molecule is [2H]C([2H])([2H])C(C)(c1cc(C(C)(C)C)cc(-c2nc3c(-c4cc(-c5ccccc5)cc(-c5cc(-c6ccc(C)cc6)ccn5)c4)cccc3n2-c2ccc(C(C)(C)C)cc2-c2ccccc2)c1O)C([2H])([2H])[2H]. The molecule has 0 atom stereocenters. The Morgan fingerprint density at radius 1 is 0.492 bits per heavy atom. The van der Waals surface area contributed by atoms with Crippen LogP contribution in [0.2, 0.25) is 0 Å². The number of benzene rings is 7. The van der Waals surface area contributed by atoms with E-state index >= 15 is 0 Å². The zero-order valence-corrected chi connectivity index (χ0v) is 38.5. The van der Waals surface area contributed by atoms with Gasteiger partial charge in [0, 0.05) is 36.7 Å². The fraction of sp³-hybridized carbons (Fsp3) is 0.213. The first-order chi connectivity index (χ1) is 33.4. The number of pyridine rings is 1. The molecule has 2 heterocycles. The Hall–Kier alpha value is -7.04. The van der Waals surface area contributed by atoms with Gasteiger partial charge in [-0.25, -0.2) is 4.98 Å². The molecule has 4 heteroatoms. The normalized spacial score (nSPS) is 14.0. The molecule has 0 aliphatic heterocycles. The zero-order chi connectivity index (χ0) is 50.8. The van der Waals surface area contributed by atoms with Crippen LogP contribution in [0.5, 0.6) is 5.75 Å². The fourth-order valence-electron chi connectivity index (χ4n) is 8.66. The number of phenolic OH excluding ortho intramolecular Hbond substituents is 1. The van der Waals surface area contributed by atoms with Crippen LogP contribution in [-0.2, 0) is 16.2 Å². The number of imidazole rings is 1. The molecule has 324 valence electrons. The zero-order valence-electron chi connectivity index (χ0n) is 44.5. The number of aromatic nitrogens is 3. The Balaban J connectivity index is 1.39. The molecule has 65 heavy (non-hydrogen) atoms. The van der Waals surface area contributed by atoms with E-state index in [0.29, 0.717) is 16.9 Å². The van der Waals surface area contributed by atoms with Gasteiger partial charge in [-0.15, -0.1) is 0 Å².